The summed E-state index contributed by atoms with van der Waals surface area (Å²) in [5.41, 5.74) is 0.820. The summed E-state index contributed by atoms with van der Waals surface area (Å²) in [7, 11) is 1.62. The molecule has 0 unspecified atom stereocenters. The van der Waals surface area contributed by atoms with Crippen LogP contribution in [0.2, 0.25) is 5.02 Å². The average Bonchev–Trinajstić information content (AvgIpc) is 2.85. The Balaban J connectivity index is 2.41. The molecule has 0 fully saturated rings. The Hall–Kier alpha value is -1.94. The standard InChI is InChI=1S/C13H14ClN3O/c1-3-6-15-13-16-7-8-17(13)12-9-10(18-2)4-5-11(12)14/h3-5,7-9H,1,6H2,2H3,(H,15,16). The van der Waals surface area contributed by atoms with E-state index in [0.717, 1.165) is 11.4 Å². The number of anilines is 1. The van der Waals surface area contributed by atoms with Gasteiger partial charge in [-0.2, -0.15) is 0 Å². The van der Waals surface area contributed by atoms with Crippen LogP contribution >= 0.6 is 11.6 Å². The molecule has 5 heteroatoms. The van der Waals surface area contributed by atoms with Gasteiger partial charge in [0.25, 0.3) is 0 Å². The molecule has 0 bridgehead atoms. The Morgan fingerprint density at radius 3 is 3.11 bits per heavy atom. The van der Waals surface area contributed by atoms with Crippen LogP contribution in [0, 0.1) is 0 Å². The van der Waals surface area contributed by atoms with E-state index in [0.29, 0.717) is 17.5 Å². The van der Waals surface area contributed by atoms with Gasteiger partial charge in [-0.25, -0.2) is 4.98 Å². The molecular formula is C13H14ClN3O. The zero-order valence-corrected chi connectivity index (χ0v) is 10.8. The number of nitrogens with zero attached hydrogens (tertiary/aromatic N) is 2. The smallest absolute Gasteiger partial charge is 0.207 e. The molecule has 0 saturated carbocycles. The first-order valence-corrected chi connectivity index (χ1v) is 5.86. The second kappa shape index (κ2) is 5.60. The molecule has 1 aromatic carbocycles. The second-order valence-corrected chi connectivity index (χ2v) is 4.01. The highest BCUT2D eigenvalue weighted by molar-refractivity contribution is 6.32. The maximum atomic E-state index is 6.20. The Morgan fingerprint density at radius 2 is 2.39 bits per heavy atom. The van der Waals surface area contributed by atoms with Crippen molar-refractivity contribution in [3.05, 3.63) is 48.3 Å². The number of imidazole rings is 1. The second-order valence-electron chi connectivity index (χ2n) is 3.61. The van der Waals surface area contributed by atoms with Crippen molar-refractivity contribution in [2.75, 3.05) is 19.0 Å². The van der Waals surface area contributed by atoms with E-state index >= 15 is 0 Å². The van der Waals surface area contributed by atoms with E-state index in [1.807, 2.05) is 22.9 Å². The maximum absolute atomic E-state index is 6.20. The van der Waals surface area contributed by atoms with E-state index < -0.39 is 0 Å². The molecule has 4 nitrogen and oxygen atoms in total. The van der Waals surface area contributed by atoms with Gasteiger partial charge < -0.3 is 10.1 Å². The molecule has 0 radical (unpaired) electrons. The normalized spacial score (nSPS) is 10.1. The van der Waals surface area contributed by atoms with Gasteiger partial charge in [0.2, 0.25) is 5.95 Å². The van der Waals surface area contributed by atoms with Crippen LogP contribution in [0.4, 0.5) is 5.95 Å². The lowest BCUT2D eigenvalue weighted by Gasteiger charge is -2.11. The highest BCUT2D eigenvalue weighted by atomic mass is 35.5. The fraction of sp³-hybridized carbons (Fsp3) is 0.154. The van der Waals surface area contributed by atoms with Crippen LogP contribution in [-0.2, 0) is 0 Å². The minimum atomic E-state index is 0.635. The van der Waals surface area contributed by atoms with E-state index in [1.165, 1.54) is 0 Å². The number of benzene rings is 1. The Morgan fingerprint density at radius 1 is 1.56 bits per heavy atom. The number of halogens is 1. The minimum absolute atomic E-state index is 0.635. The van der Waals surface area contributed by atoms with Crippen molar-refractivity contribution in [1.29, 1.82) is 0 Å². The zero-order chi connectivity index (χ0) is 13.0. The molecule has 2 aromatic rings. The van der Waals surface area contributed by atoms with Crippen molar-refractivity contribution >= 4 is 17.5 Å². The Labute approximate surface area is 111 Å². The van der Waals surface area contributed by atoms with Crippen LogP contribution in [0.5, 0.6) is 5.75 Å². The highest BCUT2D eigenvalue weighted by Gasteiger charge is 2.09. The quantitative estimate of drug-likeness (QED) is 0.843. The topological polar surface area (TPSA) is 39.1 Å². The third-order valence-corrected chi connectivity index (χ3v) is 2.78. The first-order chi connectivity index (χ1) is 8.76. The van der Waals surface area contributed by atoms with Crippen molar-refractivity contribution in [2.24, 2.45) is 0 Å². The minimum Gasteiger partial charge on any atom is -0.497 e. The molecular weight excluding hydrogens is 250 g/mol. The summed E-state index contributed by atoms with van der Waals surface area (Å²) < 4.78 is 7.07. The molecule has 0 aliphatic carbocycles. The monoisotopic (exact) mass is 263 g/mol. The van der Waals surface area contributed by atoms with E-state index in [2.05, 4.69) is 16.9 Å². The fourth-order valence-electron chi connectivity index (χ4n) is 1.60. The summed E-state index contributed by atoms with van der Waals surface area (Å²) >= 11 is 6.20. The van der Waals surface area contributed by atoms with Crippen LogP contribution in [0.1, 0.15) is 0 Å². The van der Waals surface area contributed by atoms with Gasteiger partial charge in [-0.05, 0) is 12.1 Å². The number of ether oxygens (including phenoxy) is 1. The average molecular weight is 264 g/mol. The number of methoxy groups -OCH3 is 1. The third-order valence-electron chi connectivity index (χ3n) is 2.46. The number of rotatable bonds is 5. The van der Waals surface area contributed by atoms with Gasteiger partial charge in [0.05, 0.1) is 17.8 Å². The van der Waals surface area contributed by atoms with Gasteiger partial charge in [0, 0.05) is 25.0 Å². The van der Waals surface area contributed by atoms with E-state index in [-0.39, 0.29) is 0 Å². The zero-order valence-electron chi connectivity index (χ0n) is 10.1. The van der Waals surface area contributed by atoms with Crippen molar-refractivity contribution in [1.82, 2.24) is 9.55 Å². The summed E-state index contributed by atoms with van der Waals surface area (Å²) in [5.74, 6) is 1.46. The first kappa shape index (κ1) is 12.5. The van der Waals surface area contributed by atoms with E-state index in [1.54, 1.807) is 25.4 Å². The van der Waals surface area contributed by atoms with Gasteiger partial charge in [0.1, 0.15) is 5.75 Å². The van der Waals surface area contributed by atoms with Gasteiger partial charge in [-0.15, -0.1) is 6.58 Å². The van der Waals surface area contributed by atoms with Gasteiger partial charge >= 0.3 is 0 Å². The lowest BCUT2D eigenvalue weighted by molar-refractivity contribution is 0.414. The van der Waals surface area contributed by atoms with Crippen molar-refractivity contribution < 1.29 is 4.74 Å². The molecule has 1 heterocycles. The molecule has 2 rings (SSSR count). The van der Waals surface area contributed by atoms with Crippen molar-refractivity contribution in [3.63, 3.8) is 0 Å². The molecule has 0 saturated heterocycles. The lowest BCUT2D eigenvalue weighted by Crippen LogP contribution is -2.06. The highest BCUT2D eigenvalue weighted by Crippen LogP contribution is 2.27. The number of hydrogen-bond acceptors (Lipinski definition) is 3. The predicted molar refractivity (Wildman–Crippen MR) is 73.8 cm³/mol. The summed E-state index contributed by atoms with van der Waals surface area (Å²) in [5, 5.41) is 3.78. The third kappa shape index (κ3) is 2.49. The van der Waals surface area contributed by atoms with Crippen LogP contribution in [0.15, 0.2) is 43.2 Å². The lowest BCUT2D eigenvalue weighted by atomic mass is 10.3. The largest absolute Gasteiger partial charge is 0.497 e. The first-order valence-electron chi connectivity index (χ1n) is 5.48. The number of hydrogen-bond donors (Lipinski definition) is 1. The molecule has 1 aromatic heterocycles. The summed E-state index contributed by atoms with van der Waals surface area (Å²) in [6, 6.07) is 5.48. The molecule has 1 N–H and O–H groups in total. The molecule has 18 heavy (non-hydrogen) atoms. The van der Waals surface area contributed by atoms with Crippen LogP contribution in [-0.4, -0.2) is 23.2 Å². The van der Waals surface area contributed by atoms with Crippen molar-refractivity contribution in [2.45, 2.75) is 0 Å². The van der Waals surface area contributed by atoms with Crippen LogP contribution in [0.25, 0.3) is 5.69 Å². The Bertz CT molecular complexity index is 551. The van der Waals surface area contributed by atoms with Crippen molar-refractivity contribution in [3.8, 4) is 11.4 Å². The summed E-state index contributed by atoms with van der Waals surface area (Å²) in [6.07, 6.45) is 5.32. The maximum Gasteiger partial charge on any atom is 0.207 e. The molecule has 0 amide bonds. The summed E-state index contributed by atoms with van der Waals surface area (Å²) in [6.45, 7) is 4.30. The number of aromatic nitrogens is 2. The van der Waals surface area contributed by atoms with E-state index in [4.69, 9.17) is 16.3 Å². The SMILES string of the molecule is C=CCNc1nccn1-c1cc(OC)ccc1Cl. The van der Waals surface area contributed by atoms with E-state index in [9.17, 15) is 0 Å². The molecule has 0 spiro atoms. The van der Waals surface area contributed by atoms with Gasteiger partial charge in [-0.1, -0.05) is 17.7 Å². The molecule has 94 valence electrons. The van der Waals surface area contributed by atoms with Crippen LogP contribution in [0.3, 0.4) is 0 Å². The van der Waals surface area contributed by atoms with Crippen LogP contribution < -0.4 is 10.1 Å². The fourth-order valence-corrected chi connectivity index (χ4v) is 1.80. The molecule has 0 aliphatic rings. The number of nitrogens with one attached hydrogen (secondary N) is 1. The molecule has 0 aliphatic heterocycles. The van der Waals surface area contributed by atoms with Gasteiger partial charge in [-0.3, -0.25) is 4.57 Å². The Kier molecular flexibility index (Phi) is 3.89. The summed E-state index contributed by atoms with van der Waals surface area (Å²) in [4.78, 5) is 4.23. The van der Waals surface area contributed by atoms with Gasteiger partial charge in [0.15, 0.2) is 0 Å². The predicted octanol–water partition coefficient (Wildman–Crippen LogP) is 3.13. The molecule has 0 atom stereocenters.